The van der Waals surface area contributed by atoms with E-state index >= 15 is 0 Å². The van der Waals surface area contributed by atoms with Gasteiger partial charge in [0.05, 0.1) is 6.04 Å². The SMILES string of the molecule is CC[C@@H](C)CNC(=O)[C@@H](C1CCCC1)N1CCN(C(=O)c2ccc(C(C)(C)C)cc2)CC1. The smallest absolute Gasteiger partial charge is 0.253 e. The molecule has 0 spiro atoms. The Kier molecular flexibility index (Phi) is 8.37. The molecular formula is C27H43N3O2. The van der Waals surface area contributed by atoms with Crippen LogP contribution in [0.15, 0.2) is 24.3 Å². The van der Waals surface area contributed by atoms with Gasteiger partial charge in [-0.15, -0.1) is 0 Å². The van der Waals surface area contributed by atoms with Crippen LogP contribution in [0.1, 0.15) is 82.6 Å². The van der Waals surface area contributed by atoms with Crippen LogP contribution in [0.3, 0.4) is 0 Å². The van der Waals surface area contributed by atoms with Crippen molar-refractivity contribution >= 4 is 11.8 Å². The number of nitrogens with one attached hydrogen (secondary N) is 1. The normalized spacial score (nSPS) is 20.2. The van der Waals surface area contributed by atoms with Gasteiger partial charge in [0, 0.05) is 38.3 Å². The number of carbonyl (C=O) groups excluding carboxylic acids is 2. The van der Waals surface area contributed by atoms with E-state index in [0.29, 0.717) is 24.9 Å². The minimum absolute atomic E-state index is 0.0510. The zero-order valence-electron chi connectivity index (χ0n) is 20.8. The molecule has 0 radical (unpaired) electrons. The molecule has 1 saturated heterocycles. The van der Waals surface area contributed by atoms with E-state index in [1.165, 1.54) is 18.4 Å². The molecular weight excluding hydrogens is 398 g/mol. The first-order chi connectivity index (χ1) is 15.2. The number of hydrogen-bond acceptors (Lipinski definition) is 3. The van der Waals surface area contributed by atoms with Crippen molar-refractivity contribution in [1.29, 1.82) is 0 Å². The summed E-state index contributed by atoms with van der Waals surface area (Å²) in [6.45, 7) is 14.6. The second kappa shape index (κ2) is 10.8. The monoisotopic (exact) mass is 441 g/mol. The maximum absolute atomic E-state index is 13.2. The van der Waals surface area contributed by atoms with Gasteiger partial charge in [-0.2, -0.15) is 0 Å². The van der Waals surface area contributed by atoms with Gasteiger partial charge in [0.25, 0.3) is 5.91 Å². The summed E-state index contributed by atoms with van der Waals surface area (Å²) in [5, 5.41) is 3.22. The van der Waals surface area contributed by atoms with E-state index in [-0.39, 0.29) is 23.3 Å². The molecule has 0 unspecified atom stereocenters. The lowest BCUT2D eigenvalue weighted by Crippen LogP contribution is -2.58. The van der Waals surface area contributed by atoms with Gasteiger partial charge in [-0.1, -0.05) is 66.0 Å². The van der Waals surface area contributed by atoms with Gasteiger partial charge in [-0.3, -0.25) is 14.5 Å². The first-order valence-electron chi connectivity index (χ1n) is 12.6. The van der Waals surface area contributed by atoms with Gasteiger partial charge < -0.3 is 10.2 Å². The molecule has 1 heterocycles. The fraction of sp³-hybridized carbons (Fsp3) is 0.704. The molecule has 2 aliphatic rings. The molecule has 1 aromatic carbocycles. The number of rotatable bonds is 7. The van der Waals surface area contributed by atoms with Crippen LogP contribution < -0.4 is 5.32 Å². The summed E-state index contributed by atoms with van der Waals surface area (Å²) >= 11 is 0. The second-order valence-corrected chi connectivity index (χ2v) is 10.9. The summed E-state index contributed by atoms with van der Waals surface area (Å²) in [5.74, 6) is 1.24. The number of carbonyl (C=O) groups is 2. The minimum atomic E-state index is -0.0510. The molecule has 5 heteroatoms. The van der Waals surface area contributed by atoms with E-state index in [2.05, 4.69) is 57.0 Å². The van der Waals surface area contributed by atoms with Gasteiger partial charge in [0.15, 0.2) is 0 Å². The molecule has 1 aliphatic carbocycles. The summed E-state index contributed by atoms with van der Waals surface area (Å²) < 4.78 is 0. The maximum Gasteiger partial charge on any atom is 0.253 e. The predicted octanol–water partition coefficient (Wildman–Crippen LogP) is 4.46. The molecule has 1 aliphatic heterocycles. The van der Waals surface area contributed by atoms with E-state index in [0.717, 1.165) is 44.5 Å². The van der Waals surface area contributed by atoms with Crippen LogP contribution >= 0.6 is 0 Å². The van der Waals surface area contributed by atoms with Crippen molar-refractivity contribution in [3.8, 4) is 0 Å². The van der Waals surface area contributed by atoms with E-state index in [4.69, 9.17) is 0 Å². The third-order valence-corrected chi connectivity index (χ3v) is 7.43. The Morgan fingerprint density at radius 3 is 2.16 bits per heavy atom. The van der Waals surface area contributed by atoms with Crippen LogP contribution in [0.5, 0.6) is 0 Å². The highest BCUT2D eigenvalue weighted by molar-refractivity contribution is 5.94. The Morgan fingerprint density at radius 2 is 1.62 bits per heavy atom. The molecule has 1 saturated carbocycles. The fourth-order valence-corrected chi connectivity index (χ4v) is 4.97. The summed E-state index contributed by atoms with van der Waals surface area (Å²) in [7, 11) is 0. The molecule has 2 fully saturated rings. The summed E-state index contributed by atoms with van der Waals surface area (Å²) in [5.41, 5.74) is 2.07. The molecule has 32 heavy (non-hydrogen) atoms. The van der Waals surface area contributed by atoms with Crippen molar-refractivity contribution in [2.24, 2.45) is 11.8 Å². The van der Waals surface area contributed by atoms with Crippen molar-refractivity contribution < 1.29 is 9.59 Å². The second-order valence-electron chi connectivity index (χ2n) is 10.9. The summed E-state index contributed by atoms with van der Waals surface area (Å²) in [6, 6.07) is 8.00. The Bertz CT molecular complexity index is 754. The van der Waals surface area contributed by atoms with Crippen molar-refractivity contribution in [1.82, 2.24) is 15.1 Å². The average molecular weight is 442 g/mol. The van der Waals surface area contributed by atoms with Crippen LogP contribution in [-0.2, 0) is 10.2 Å². The average Bonchev–Trinajstić information content (AvgIpc) is 3.31. The molecule has 1 N–H and O–H groups in total. The number of benzene rings is 1. The van der Waals surface area contributed by atoms with E-state index < -0.39 is 0 Å². The number of amides is 2. The number of piperazine rings is 1. The molecule has 1 aromatic rings. The van der Waals surface area contributed by atoms with Crippen molar-refractivity contribution in [3.63, 3.8) is 0 Å². The highest BCUT2D eigenvalue weighted by Crippen LogP contribution is 2.31. The third kappa shape index (κ3) is 6.12. The van der Waals surface area contributed by atoms with Gasteiger partial charge in [0.2, 0.25) is 5.91 Å². The molecule has 2 amide bonds. The van der Waals surface area contributed by atoms with Crippen LogP contribution in [0.2, 0.25) is 0 Å². The third-order valence-electron chi connectivity index (χ3n) is 7.43. The van der Waals surface area contributed by atoms with Crippen molar-refractivity contribution in [3.05, 3.63) is 35.4 Å². The van der Waals surface area contributed by atoms with Crippen LogP contribution in [0.25, 0.3) is 0 Å². The van der Waals surface area contributed by atoms with Gasteiger partial charge >= 0.3 is 0 Å². The summed E-state index contributed by atoms with van der Waals surface area (Å²) in [6.07, 6.45) is 5.80. The Hall–Kier alpha value is -1.88. The number of hydrogen-bond donors (Lipinski definition) is 1. The largest absolute Gasteiger partial charge is 0.354 e. The lowest BCUT2D eigenvalue weighted by Gasteiger charge is -2.41. The van der Waals surface area contributed by atoms with E-state index in [1.807, 2.05) is 17.0 Å². The molecule has 3 rings (SSSR count). The lowest BCUT2D eigenvalue weighted by atomic mass is 9.86. The van der Waals surface area contributed by atoms with Crippen molar-refractivity contribution in [2.45, 2.75) is 78.2 Å². The predicted molar refractivity (Wildman–Crippen MR) is 131 cm³/mol. The molecule has 0 aromatic heterocycles. The topological polar surface area (TPSA) is 52.7 Å². The number of nitrogens with zero attached hydrogens (tertiary/aromatic N) is 2. The van der Waals surface area contributed by atoms with Crippen molar-refractivity contribution in [2.75, 3.05) is 32.7 Å². The molecule has 0 bridgehead atoms. The highest BCUT2D eigenvalue weighted by atomic mass is 16.2. The lowest BCUT2D eigenvalue weighted by molar-refractivity contribution is -0.129. The van der Waals surface area contributed by atoms with E-state index in [1.54, 1.807) is 0 Å². The highest BCUT2D eigenvalue weighted by Gasteiger charge is 2.37. The Labute approximate surface area is 194 Å². The zero-order valence-corrected chi connectivity index (χ0v) is 20.8. The standard InChI is InChI=1S/C27H43N3O2/c1-6-20(2)19-28-25(31)24(21-9-7-8-10-21)29-15-17-30(18-16-29)26(32)22-11-13-23(14-12-22)27(3,4)5/h11-14,20-21,24H,6-10,15-19H2,1-5H3,(H,28,31)/t20-,24-/m1/s1. The maximum atomic E-state index is 13.2. The quantitative estimate of drug-likeness (QED) is 0.680. The molecule has 178 valence electrons. The first-order valence-corrected chi connectivity index (χ1v) is 12.6. The van der Waals surface area contributed by atoms with Gasteiger partial charge in [0.1, 0.15) is 0 Å². The Balaban J connectivity index is 1.61. The summed E-state index contributed by atoms with van der Waals surface area (Å²) in [4.78, 5) is 30.5. The zero-order chi connectivity index (χ0) is 23.3. The fourth-order valence-electron chi connectivity index (χ4n) is 4.97. The van der Waals surface area contributed by atoms with Crippen LogP contribution in [-0.4, -0.2) is 60.4 Å². The van der Waals surface area contributed by atoms with Crippen LogP contribution in [0.4, 0.5) is 0 Å². The first kappa shape index (κ1) is 24.8. The van der Waals surface area contributed by atoms with Gasteiger partial charge in [-0.05, 0) is 47.8 Å². The van der Waals surface area contributed by atoms with Crippen LogP contribution in [0, 0.1) is 11.8 Å². The van der Waals surface area contributed by atoms with Gasteiger partial charge in [-0.25, -0.2) is 0 Å². The molecule has 5 nitrogen and oxygen atoms in total. The van der Waals surface area contributed by atoms with E-state index in [9.17, 15) is 9.59 Å². The minimum Gasteiger partial charge on any atom is -0.354 e. The Morgan fingerprint density at radius 1 is 1.03 bits per heavy atom. The molecule has 2 atom stereocenters.